The van der Waals surface area contributed by atoms with Gasteiger partial charge < -0.3 is 9.15 Å². The highest BCUT2D eigenvalue weighted by Gasteiger charge is 2.03. The fraction of sp³-hybridized carbons (Fsp3) is 0.176. The lowest BCUT2D eigenvalue weighted by Gasteiger charge is -2.08. The predicted octanol–water partition coefficient (Wildman–Crippen LogP) is 4.29. The average Bonchev–Trinajstić information content (AvgIpc) is 2.90. The van der Waals surface area contributed by atoms with Gasteiger partial charge in [-0.25, -0.2) is 0 Å². The molecule has 0 fully saturated rings. The van der Waals surface area contributed by atoms with Gasteiger partial charge >= 0.3 is 0 Å². The Balaban J connectivity index is 0.000000122. The van der Waals surface area contributed by atoms with Gasteiger partial charge in [-0.1, -0.05) is 37.3 Å². The lowest BCUT2D eigenvalue weighted by Crippen LogP contribution is -1.92. The first kappa shape index (κ1) is 11.8. The number of methoxy groups -OCH3 is 1. The van der Waals surface area contributed by atoms with Crippen molar-refractivity contribution < 1.29 is 9.15 Å². The zero-order valence-electron chi connectivity index (χ0n) is 11.1. The lowest BCUT2D eigenvalue weighted by molar-refractivity contribution is 0.407. The van der Waals surface area contributed by atoms with Gasteiger partial charge in [-0.15, -0.1) is 0 Å². The van der Waals surface area contributed by atoms with Gasteiger partial charge in [0, 0.05) is 10.6 Å². The second-order valence-electron chi connectivity index (χ2n) is 4.52. The molecule has 0 unspecified atom stereocenters. The maximum absolute atomic E-state index is 5.34. The van der Waals surface area contributed by atoms with Gasteiger partial charge in [0.15, 0.2) is 0 Å². The third kappa shape index (κ3) is 1.99. The second-order valence-corrected chi connectivity index (χ2v) is 4.52. The first-order valence-corrected chi connectivity index (χ1v) is 6.47. The van der Waals surface area contributed by atoms with E-state index in [0.29, 0.717) is 0 Å². The summed E-state index contributed by atoms with van der Waals surface area (Å²) in [6.07, 6.45) is 2.77. The number of hydrogen-bond acceptors (Lipinski definition) is 2. The molecule has 1 aromatic carbocycles. The summed E-state index contributed by atoms with van der Waals surface area (Å²) >= 11 is 0. The number of fused-ring (bicyclic) bond motifs is 1. The monoisotopic (exact) mass is 252 g/mol. The summed E-state index contributed by atoms with van der Waals surface area (Å²) in [6, 6.07) is 14.4. The molecule has 19 heavy (non-hydrogen) atoms. The van der Waals surface area contributed by atoms with E-state index in [1.54, 1.807) is 13.4 Å². The molecule has 0 atom stereocenters. The molecule has 96 valence electrons. The van der Waals surface area contributed by atoms with Crippen LogP contribution in [-0.4, -0.2) is 7.11 Å². The van der Waals surface area contributed by atoms with Crippen LogP contribution >= 0.6 is 0 Å². The Morgan fingerprint density at radius 2 is 2.00 bits per heavy atom. The van der Waals surface area contributed by atoms with E-state index >= 15 is 0 Å². The largest absolute Gasteiger partial charge is 0.496 e. The zero-order chi connectivity index (χ0) is 13.2. The fourth-order valence-corrected chi connectivity index (χ4v) is 2.26. The van der Waals surface area contributed by atoms with Gasteiger partial charge in [-0.05, 0) is 29.3 Å². The number of furan rings is 1. The smallest absolute Gasteiger partial charge is 0.137 e. The average molecular weight is 252 g/mol. The molecule has 0 radical (unpaired) electrons. The predicted molar refractivity (Wildman–Crippen MR) is 76.3 cm³/mol. The first-order valence-electron chi connectivity index (χ1n) is 6.47. The summed E-state index contributed by atoms with van der Waals surface area (Å²) in [7, 11) is 1.70. The van der Waals surface area contributed by atoms with Gasteiger partial charge in [0.05, 0.1) is 13.4 Å². The van der Waals surface area contributed by atoms with Crippen LogP contribution in [0.5, 0.6) is 5.75 Å². The first-order chi connectivity index (χ1) is 9.33. The molecular weight excluding hydrogens is 236 g/mol. The molecule has 0 spiro atoms. The van der Waals surface area contributed by atoms with Crippen LogP contribution < -0.4 is 4.74 Å². The number of benzene rings is 2. The molecule has 2 aliphatic carbocycles. The quantitative estimate of drug-likeness (QED) is 0.531. The van der Waals surface area contributed by atoms with E-state index in [1.165, 1.54) is 21.4 Å². The van der Waals surface area contributed by atoms with Crippen LogP contribution in [0.3, 0.4) is 0 Å². The van der Waals surface area contributed by atoms with E-state index in [-0.39, 0.29) is 0 Å². The Morgan fingerprint density at radius 3 is 2.53 bits per heavy atom. The summed E-state index contributed by atoms with van der Waals surface area (Å²) in [5.41, 5.74) is 2.32. The maximum Gasteiger partial charge on any atom is 0.137 e. The fourth-order valence-electron chi connectivity index (χ4n) is 2.26. The molecule has 0 saturated heterocycles. The van der Waals surface area contributed by atoms with E-state index in [1.807, 2.05) is 12.1 Å². The van der Waals surface area contributed by atoms with Crippen molar-refractivity contribution >= 4 is 11.0 Å². The van der Waals surface area contributed by atoms with Crippen molar-refractivity contribution in [1.29, 1.82) is 0 Å². The Morgan fingerprint density at radius 1 is 1.11 bits per heavy atom. The van der Waals surface area contributed by atoms with Crippen molar-refractivity contribution in [3.63, 3.8) is 0 Å². The Labute approximate surface area is 111 Å². The van der Waals surface area contributed by atoms with Gasteiger partial charge in [0.2, 0.25) is 0 Å². The number of para-hydroxylation sites is 1. The standard InChI is InChI=1S/C10H10O.C7H6O/c1-2-8-4-3-5-9-6-7-11-10(8)9;1-8-7-4-5-2-3-6(5)7/h3-7H,2H2,1H3;2-4H,1H3. The van der Waals surface area contributed by atoms with E-state index < -0.39 is 0 Å². The summed E-state index contributed by atoms with van der Waals surface area (Å²) in [4.78, 5) is 0. The molecule has 0 aliphatic heterocycles. The molecule has 4 rings (SSSR count). The van der Waals surface area contributed by atoms with Crippen LogP contribution in [0.1, 0.15) is 12.5 Å². The molecule has 0 amide bonds. The molecule has 0 bridgehead atoms. The highest BCUT2D eigenvalue weighted by molar-refractivity contribution is 5.80. The topological polar surface area (TPSA) is 22.4 Å². The lowest BCUT2D eigenvalue weighted by atomic mass is 10.1. The number of aryl methyl sites for hydroxylation is 1. The third-order valence-corrected chi connectivity index (χ3v) is 3.45. The molecule has 0 N–H and O–H groups in total. The summed E-state index contributed by atoms with van der Waals surface area (Å²) in [6.45, 7) is 2.14. The van der Waals surface area contributed by atoms with E-state index in [2.05, 4.69) is 37.3 Å². The number of rotatable bonds is 2. The van der Waals surface area contributed by atoms with Crippen LogP contribution in [0.4, 0.5) is 0 Å². The molecule has 0 saturated carbocycles. The highest BCUT2D eigenvalue weighted by atomic mass is 16.5. The van der Waals surface area contributed by atoms with Crippen LogP contribution in [-0.2, 0) is 6.42 Å². The molecular formula is C17H16O2. The summed E-state index contributed by atoms with van der Waals surface area (Å²) in [5.74, 6) is 1.03. The molecule has 2 aliphatic rings. The van der Waals surface area contributed by atoms with E-state index in [9.17, 15) is 0 Å². The van der Waals surface area contributed by atoms with Crippen LogP contribution in [0, 0.1) is 10.4 Å². The Bertz CT molecular complexity index is 799. The normalized spacial score (nSPS) is 10.8. The van der Waals surface area contributed by atoms with Gasteiger partial charge in [-0.3, -0.25) is 0 Å². The van der Waals surface area contributed by atoms with Crippen molar-refractivity contribution in [2.45, 2.75) is 13.3 Å². The minimum absolute atomic E-state index is 1.03. The van der Waals surface area contributed by atoms with Gasteiger partial charge in [0.1, 0.15) is 11.3 Å². The van der Waals surface area contributed by atoms with E-state index in [0.717, 1.165) is 17.8 Å². The molecule has 1 aromatic heterocycles. The Hall–Kier alpha value is -2.22. The summed E-state index contributed by atoms with van der Waals surface area (Å²) in [5, 5.41) is 3.82. The maximum atomic E-state index is 5.34. The minimum atomic E-state index is 1.03. The third-order valence-electron chi connectivity index (χ3n) is 3.45. The Kier molecular flexibility index (Phi) is 3.00. The molecule has 2 aromatic rings. The van der Waals surface area contributed by atoms with Gasteiger partial charge in [0.25, 0.3) is 0 Å². The SMILES string of the molecule is CCc1cccc2ccoc12.COc1cc2ccc1=2. The highest BCUT2D eigenvalue weighted by Crippen LogP contribution is 2.22. The van der Waals surface area contributed by atoms with Crippen LogP contribution in [0.2, 0.25) is 0 Å². The van der Waals surface area contributed by atoms with E-state index in [4.69, 9.17) is 9.15 Å². The minimum Gasteiger partial charge on any atom is -0.496 e. The van der Waals surface area contributed by atoms with Crippen LogP contribution in [0.15, 0.2) is 53.1 Å². The van der Waals surface area contributed by atoms with Crippen molar-refractivity contribution in [2.75, 3.05) is 7.11 Å². The zero-order valence-corrected chi connectivity index (χ0v) is 11.1. The van der Waals surface area contributed by atoms with Crippen molar-refractivity contribution in [2.24, 2.45) is 0 Å². The van der Waals surface area contributed by atoms with Crippen molar-refractivity contribution in [1.82, 2.24) is 0 Å². The molecule has 2 nitrogen and oxygen atoms in total. The number of hydrogen-bond donors (Lipinski definition) is 0. The second kappa shape index (κ2) is 4.81. The van der Waals surface area contributed by atoms with Crippen LogP contribution in [0.25, 0.3) is 11.0 Å². The molecule has 1 heterocycles. The van der Waals surface area contributed by atoms with Gasteiger partial charge in [-0.2, -0.15) is 0 Å². The number of ether oxygens (including phenoxy) is 1. The van der Waals surface area contributed by atoms with Crippen molar-refractivity contribution in [3.05, 3.63) is 64.7 Å². The van der Waals surface area contributed by atoms with Crippen molar-refractivity contribution in [3.8, 4) is 5.75 Å². The summed E-state index contributed by atoms with van der Waals surface area (Å²) < 4.78 is 10.3. The molecule has 2 heteroatoms.